The molecule has 0 aliphatic carbocycles. The zero-order valence-electron chi connectivity index (χ0n) is 12.2. The van der Waals surface area contributed by atoms with Gasteiger partial charge in [-0.3, -0.25) is 9.25 Å². The molecule has 0 bridgehead atoms. The molecule has 1 unspecified atom stereocenters. The van der Waals surface area contributed by atoms with Crippen molar-refractivity contribution in [3.8, 4) is 0 Å². The molecule has 4 nitrogen and oxygen atoms in total. The predicted octanol–water partition coefficient (Wildman–Crippen LogP) is 4.26. The lowest BCUT2D eigenvalue weighted by molar-refractivity contribution is 0.619. The third-order valence-corrected chi connectivity index (χ3v) is 4.49. The van der Waals surface area contributed by atoms with Gasteiger partial charge in [-0.05, 0) is 37.2 Å². The van der Waals surface area contributed by atoms with Crippen molar-refractivity contribution in [3.63, 3.8) is 0 Å². The Morgan fingerprint density at radius 2 is 2.10 bits per heavy atom. The summed E-state index contributed by atoms with van der Waals surface area (Å²) in [5.41, 5.74) is 4.10. The van der Waals surface area contributed by atoms with Crippen LogP contribution in [0.2, 0.25) is 5.02 Å². The molecule has 2 aromatic heterocycles. The molecule has 6 heteroatoms. The third-order valence-electron chi connectivity index (χ3n) is 3.85. The van der Waals surface area contributed by atoms with Crippen LogP contribution in [0.4, 0.5) is 0 Å². The van der Waals surface area contributed by atoms with Gasteiger partial charge in [-0.15, -0.1) is 0 Å². The number of nitrogens with zero attached hydrogens (tertiary/aromatic N) is 3. The van der Waals surface area contributed by atoms with Crippen LogP contribution in [0.15, 0.2) is 24.3 Å². The molecule has 1 atom stereocenters. The number of aromatic amines is 1. The largest absolute Gasteiger partial charge is 0.328 e. The van der Waals surface area contributed by atoms with Gasteiger partial charge in [0, 0.05) is 12.1 Å². The molecule has 2 heterocycles. The summed E-state index contributed by atoms with van der Waals surface area (Å²) in [5, 5.41) is 5.30. The van der Waals surface area contributed by atoms with Crippen molar-refractivity contribution in [3.05, 3.63) is 45.3 Å². The van der Waals surface area contributed by atoms with E-state index < -0.39 is 0 Å². The summed E-state index contributed by atoms with van der Waals surface area (Å²) in [6, 6.07) is 7.90. The van der Waals surface area contributed by atoms with Gasteiger partial charge in [0.15, 0.2) is 10.4 Å². The third kappa shape index (κ3) is 2.21. The van der Waals surface area contributed by atoms with E-state index >= 15 is 0 Å². The van der Waals surface area contributed by atoms with E-state index in [0.717, 1.165) is 33.9 Å². The first kappa shape index (κ1) is 14.4. The van der Waals surface area contributed by atoms with Gasteiger partial charge in [0.25, 0.3) is 0 Å². The number of fused-ring (bicyclic) bond motifs is 1. The van der Waals surface area contributed by atoms with E-state index in [1.807, 2.05) is 36.0 Å². The van der Waals surface area contributed by atoms with Crippen molar-refractivity contribution in [1.29, 1.82) is 0 Å². The number of rotatable bonds is 3. The summed E-state index contributed by atoms with van der Waals surface area (Å²) in [7, 11) is 1.94. The van der Waals surface area contributed by atoms with Crippen LogP contribution in [0.25, 0.3) is 11.2 Å². The van der Waals surface area contributed by atoms with Crippen LogP contribution in [-0.4, -0.2) is 19.3 Å². The van der Waals surface area contributed by atoms with Crippen LogP contribution in [0, 0.1) is 4.77 Å². The predicted molar refractivity (Wildman–Crippen MR) is 88.5 cm³/mol. The number of nitrogens with one attached hydrogen (secondary N) is 1. The minimum absolute atomic E-state index is 0.0417. The van der Waals surface area contributed by atoms with E-state index in [1.165, 1.54) is 0 Å². The van der Waals surface area contributed by atoms with Gasteiger partial charge in [-0.25, -0.2) is 0 Å². The Bertz CT molecular complexity index is 858. The summed E-state index contributed by atoms with van der Waals surface area (Å²) in [4.78, 5) is 3.29. The molecular weight excluding hydrogens is 304 g/mol. The summed E-state index contributed by atoms with van der Waals surface area (Å²) in [5.74, 6) is 0. The molecular formula is C15H17ClN4S. The van der Waals surface area contributed by atoms with Crippen LogP contribution in [0.3, 0.4) is 0 Å². The monoisotopic (exact) mass is 320 g/mol. The van der Waals surface area contributed by atoms with Crippen molar-refractivity contribution in [2.75, 3.05) is 0 Å². The second-order valence-corrected chi connectivity index (χ2v) is 5.91. The average Bonchev–Trinajstić information content (AvgIpc) is 2.95. The summed E-state index contributed by atoms with van der Waals surface area (Å²) in [6.45, 7) is 4.19. The normalized spacial score (nSPS) is 13.0. The summed E-state index contributed by atoms with van der Waals surface area (Å²) in [6.07, 6.45) is 0.868. The fourth-order valence-corrected chi connectivity index (χ4v) is 3.44. The van der Waals surface area contributed by atoms with Crippen LogP contribution in [-0.2, 0) is 13.5 Å². The highest BCUT2D eigenvalue weighted by atomic mass is 35.5. The van der Waals surface area contributed by atoms with Gasteiger partial charge in [-0.1, -0.05) is 36.7 Å². The number of aryl methyl sites for hydroxylation is 2. The van der Waals surface area contributed by atoms with Crippen molar-refractivity contribution in [1.82, 2.24) is 19.3 Å². The molecule has 0 radical (unpaired) electrons. The Kier molecular flexibility index (Phi) is 3.63. The molecule has 3 aromatic rings. The van der Waals surface area contributed by atoms with Crippen LogP contribution >= 0.6 is 23.8 Å². The molecule has 0 fully saturated rings. The first-order valence-electron chi connectivity index (χ1n) is 6.95. The molecule has 0 spiro atoms. The molecule has 0 amide bonds. The number of hydrogen-bond acceptors (Lipinski definition) is 2. The van der Waals surface area contributed by atoms with Crippen molar-refractivity contribution in [2.24, 2.45) is 7.05 Å². The Morgan fingerprint density at radius 3 is 2.76 bits per heavy atom. The number of H-pyrrole nitrogens is 1. The fraction of sp³-hybridized carbons (Fsp3) is 0.333. The van der Waals surface area contributed by atoms with Gasteiger partial charge in [0.1, 0.15) is 5.52 Å². The van der Waals surface area contributed by atoms with E-state index in [9.17, 15) is 0 Å². The molecule has 1 aromatic carbocycles. The van der Waals surface area contributed by atoms with E-state index in [0.29, 0.717) is 4.77 Å². The second kappa shape index (κ2) is 5.31. The van der Waals surface area contributed by atoms with Crippen molar-refractivity contribution in [2.45, 2.75) is 26.3 Å². The first-order valence-corrected chi connectivity index (χ1v) is 7.73. The van der Waals surface area contributed by atoms with E-state index in [4.69, 9.17) is 23.8 Å². The highest BCUT2D eigenvalue weighted by Crippen LogP contribution is 2.29. The minimum Gasteiger partial charge on any atom is -0.328 e. The van der Waals surface area contributed by atoms with Gasteiger partial charge in [-0.2, -0.15) is 5.10 Å². The maximum atomic E-state index is 6.33. The average molecular weight is 321 g/mol. The lowest BCUT2D eigenvalue weighted by atomic mass is 10.1. The number of halogens is 1. The Labute approximate surface area is 133 Å². The SMILES string of the molecule is CCc1nn(C)c2c1[nH]c(=S)n2C(C)c1ccccc1Cl. The van der Waals surface area contributed by atoms with Gasteiger partial charge >= 0.3 is 0 Å². The smallest absolute Gasteiger partial charge is 0.179 e. The number of imidazole rings is 1. The van der Waals surface area contributed by atoms with E-state index in [2.05, 4.69) is 28.5 Å². The molecule has 21 heavy (non-hydrogen) atoms. The summed E-state index contributed by atoms with van der Waals surface area (Å²) < 4.78 is 4.66. The van der Waals surface area contributed by atoms with Crippen LogP contribution < -0.4 is 0 Å². The Balaban J connectivity index is 2.25. The van der Waals surface area contributed by atoms with Gasteiger partial charge in [0.2, 0.25) is 0 Å². The van der Waals surface area contributed by atoms with Crippen molar-refractivity contribution >= 4 is 35.0 Å². The molecule has 0 aliphatic heterocycles. The van der Waals surface area contributed by atoms with Gasteiger partial charge < -0.3 is 4.98 Å². The molecule has 0 saturated carbocycles. The number of hydrogen-bond donors (Lipinski definition) is 1. The maximum Gasteiger partial charge on any atom is 0.179 e. The molecule has 0 saturated heterocycles. The first-order chi connectivity index (χ1) is 10.0. The topological polar surface area (TPSA) is 38.5 Å². The quantitative estimate of drug-likeness (QED) is 0.732. The zero-order chi connectivity index (χ0) is 15.1. The lowest BCUT2D eigenvalue weighted by Gasteiger charge is -2.16. The van der Waals surface area contributed by atoms with Crippen LogP contribution in [0.5, 0.6) is 0 Å². The summed E-state index contributed by atoms with van der Waals surface area (Å²) >= 11 is 11.8. The standard InChI is InChI=1S/C15H17ClN4S/c1-4-12-13-14(19(3)18-12)20(15(21)17-13)9(2)10-7-5-6-8-11(10)16/h5-9H,4H2,1-3H3,(H,17,21). The Morgan fingerprint density at radius 1 is 1.38 bits per heavy atom. The highest BCUT2D eigenvalue weighted by Gasteiger charge is 2.20. The Hall–Kier alpha value is -1.59. The molecule has 110 valence electrons. The molecule has 0 aliphatic rings. The van der Waals surface area contributed by atoms with E-state index in [1.54, 1.807) is 0 Å². The number of benzene rings is 1. The van der Waals surface area contributed by atoms with Gasteiger partial charge in [0.05, 0.1) is 11.7 Å². The molecule has 3 rings (SSSR count). The molecule has 1 N–H and O–H groups in total. The lowest BCUT2D eigenvalue weighted by Crippen LogP contribution is -2.10. The maximum absolute atomic E-state index is 6.33. The zero-order valence-corrected chi connectivity index (χ0v) is 13.8. The van der Waals surface area contributed by atoms with Crippen LogP contribution in [0.1, 0.15) is 31.1 Å². The minimum atomic E-state index is 0.0417. The van der Waals surface area contributed by atoms with Crippen molar-refractivity contribution < 1.29 is 0 Å². The number of aromatic nitrogens is 4. The fourth-order valence-electron chi connectivity index (χ4n) is 2.80. The van der Waals surface area contributed by atoms with E-state index in [-0.39, 0.29) is 6.04 Å². The highest BCUT2D eigenvalue weighted by molar-refractivity contribution is 7.71. The second-order valence-electron chi connectivity index (χ2n) is 5.12.